The van der Waals surface area contributed by atoms with E-state index in [2.05, 4.69) is 21.5 Å². The largest absolute Gasteiger partial charge is 0.496 e. The third-order valence-corrected chi connectivity index (χ3v) is 7.11. The molecule has 2 unspecified atom stereocenters. The summed E-state index contributed by atoms with van der Waals surface area (Å²) >= 11 is 6.47. The summed E-state index contributed by atoms with van der Waals surface area (Å²) in [5.41, 5.74) is 2.17. The van der Waals surface area contributed by atoms with Gasteiger partial charge in [-0.25, -0.2) is 4.79 Å². The molecule has 4 rings (SSSR count). The minimum Gasteiger partial charge on any atom is -0.496 e. The highest BCUT2D eigenvalue weighted by molar-refractivity contribution is 6.30. The minimum atomic E-state index is -1.00. The lowest BCUT2D eigenvalue weighted by Gasteiger charge is -2.27. The van der Waals surface area contributed by atoms with E-state index >= 15 is 0 Å². The second-order valence-corrected chi connectivity index (χ2v) is 10.5. The van der Waals surface area contributed by atoms with Gasteiger partial charge in [-0.2, -0.15) is 0 Å². The first-order chi connectivity index (χ1) is 19.6. The molecule has 1 amide bonds. The van der Waals surface area contributed by atoms with Gasteiger partial charge in [0.25, 0.3) is 0 Å². The normalized spacial score (nSPS) is 20.5. The van der Waals surface area contributed by atoms with Crippen molar-refractivity contribution in [1.82, 2.24) is 19.7 Å². The number of carboxylic acid groups (broad SMARTS) is 1. The number of fused-ring (bicyclic) bond motifs is 3. The molecule has 2 aromatic rings. The van der Waals surface area contributed by atoms with Gasteiger partial charge in [-0.15, -0.1) is 10.2 Å². The van der Waals surface area contributed by atoms with Crippen LogP contribution in [0.3, 0.4) is 0 Å². The Hall–Kier alpha value is -3.47. The SMILES string of the molecule is C=C/C(=C(\C=C/C)OC)C1OC(CC(=O)N2CCC[C@H]2C(=O)O)c2nnc(C(C)C)n2-c2ccc(Cl)cc21.COC. The van der Waals surface area contributed by atoms with E-state index in [0.29, 0.717) is 47.4 Å². The average Bonchev–Trinajstić information content (AvgIpc) is 3.58. The maximum absolute atomic E-state index is 13.5. The summed E-state index contributed by atoms with van der Waals surface area (Å²) in [6.07, 6.45) is 4.77. The van der Waals surface area contributed by atoms with Crippen LogP contribution in [0, 0.1) is 0 Å². The Kier molecular flexibility index (Phi) is 11.3. The molecule has 1 N–H and O–H groups in total. The van der Waals surface area contributed by atoms with E-state index in [1.807, 2.05) is 49.6 Å². The summed E-state index contributed by atoms with van der Waals surface area (Å²) in [4.78, 5) is 26.7. The minimum absolute atomic E-state index is 0.0228. The number of ether oxygens (including phenoxy) is 3. The zero-order valence-electron chi connectivity index (χ0n) is 24.5. The lowest BCUT2D eigenvalue weighted by molar-refractivity contribution is -0.149. The summed E-state index contributed by atoms with van der Waals surface area (Å²) in [6, 6.07) is 4.66. The number of carboxylic acids is 1. The third-order valence-electron chi connectivity index (χ3n) is 6.87. The predicted molar refractivity (Wildman–Crippen MR) is 156 cm³/mol. The molecule has 1 saturated heterocycles. The van der Waals surface area contributed by atoms with Gasteiger partial charge < -0.3 is 24.2 Å². The molecule has 0 spiro atoms. The van der Waals surface area contributed by atoms with Crippen molar-refractivity contribution >= 4 is 23.5 Å². The van der Waals surface area contributed by atoms with Crippen molar-refractivity contribution in [2.45, 2.75) is 64.2 Å². The Labute approximate surface area is 246 Å². The van der Waals surface area contributed by atoms with Crippen molar-refractivity contribution in [3.63, 3.8) is 0 Å². The molecule has 1 aromatic carbocycles. The van der Waals surface area contributed by atoms with Gasteiger partial charge >= 0.3 is 5.97 Å². The second kappa shape index (κ2) is 14.4. The van der Waals surface area contributed by atoms with Crippen LogP contribution >= 0.6 is 11.6 Å². The smallest absolute Gasteiger partial charge is 0.326 e. The maximum Gasteiger partial charge on any atom is 0.326 e. The highest BCUT2D eigenvalue weighted by Crippen LogP contribution is 2.44. The molecule has 41 heavy (non-hydrogen) atoms. The van der Waals surface area contributed by atoms with Gasteiger partial charge in [-0.3, -0.25) is 9.36 Å². The number of rotatable bonds is 8. The highest BCUT2D eigenvalue weighted by Gasteiger charge is 2.40. The van der Waals surface area contributed by atoms with Crippen molar-refractivity contribution < 1.29 is 28.9 Å². The van der Waals surface area contributed by atoms with E-state index in [0.717, 1.165) is 11.3 Å². The molecule has 1 aromatic heterocycles. The molecule has 0 saturated carbocycles. The molecule has 0 aliphatic carbocycles. The van der Waals surface area contributed by atoms with E-state index in [4.69, 9.17) is 21.1 Å². The monoisotopic (exact) mass is 586 g/mol. The number of methoxy groups -OCH3 is 2. The van der Waals surface area contributed by atoms with E-state index in [1.54, 1.807) is 33.5 Å². The third kappa shape index (κ3) is 6.89. The molecule has 10 nitrogen and oxygen atoms in total. The summed E-state index contributed by atoms with van der Waals surface area (Å²) < 4.78 is 18.6. The highest BCUT2D eigenvalue weighted by atomic mass is 35.5. The zero-order chi connectivity index (χ0) is 30.3. The van der Waals surface area contributed by atoms with Crippen molar-refractivity contribution in [2.24, 2.45) is 0 Å². The van der Waals surface area contributed by atoms with Crippen LogP contribution in [0.5, 0.6) is 0 Å². The number of carbonyl (C=O) groups is 2. The number of hydrogen-bond acceptors (Lipinski definition) is 7. The summed E-state index contributed by atoms with van der Waals surface area (Å²) in [6.45, 7) is 10.3. The van der Waals surface area contributed by atoms with Crippen LogP contribution in [0.4, 0.5) is 0 Å². The quantitative estimate of drug-likeness (QED) is 0.316. The number of nitrogens with zero attached hydrogens (tertiary/aromatic N) is 4. The average molecular weight is 587 g/mol. The Morgan fingerprint density at radius 3 is 2.56 bits per heavy atom. The first-order valence-corrected chi connectivity index (χ1v) is 13.9. The molecule has 0 bridgehead atoms. The van der Waals surface area contributed by atoms with Crippen molar-refractivity contribution in [3.05, 3.63) is 76.6 Å². The van der Waals surface area contributed by atoms with Gasteiger partial charge in [-0.05, 0) is 44.0 Å². The number of benzene rings is 1. The lowest BCUT2D eigenvalue weighted by atomic mass is 9.97. The van der Waals surface area contributed by atoms with E-state index in [1.165, 1.54) is 4.90 Å². The van der Waals surface area contributed by atoms with Crippen LogP contribution in [0.2, 0.25) is 5.02 Å². The van der Waals surface area contributed by atoms with Gasteiger partial charge in [0.1, 0.15) is 29.8 Å². The standard InChI is InChI=1S/C28H33ClN4O5.C2H6O/c1-6-9-22(37-5)18(7-2)25-19-14-17(29)11-12-20(19)33-26(16(3)4)30-31-27(33)23(38-25)15-24(34)32-13-8-10-21(32)28(35)36;1-3-2/h6-7,9,11-12,14,16,21,23,25H,2,8,10,13,15H2,1,3-5H3,(H,35,36);1-2H3/b9-6-,22-18-;/t21-,23?,25?;/m0./s1. The summed E-state index contributed by atoms with van der Waals surface area (Å²) in [5, 5.41) is 19.1. The molecular weight excluding hydrogens is 548 g/mol. The molecule has 222 valence electrons. The molecule has 3 atom stereocenters. The van der Waals surface area contributed by atoms with E-state index in [-0.39, 0.29) is 18.2 Å². The Balaban J connectivity index is 0.00000147. The number of amides is 1. The molecular formula is C30H39ClN4O6. The molecule has 3 heterocycles. The van der Waals surface area contributed by atoms with Gasteiger partial charge in [-0.1, -0.05) is 44.2 Å². The topological polar surface area (TPSA) is 116 Å². The number of likely N-dealkylation sites (tertiary alicyclic amines) is 1. The van der Waals surface area contributed by atoms with Crippen LogP contribution < -0.4 is 0 Å². The van der Waals surface area contributed by atoms with Gasteiger partial charge in [0.2, 0.25) is 5.91 Å². The van der Waals surface area contributed by atoms with Crippen LogP contribution in [0.25, 0.3) is 5.69 Å². The Bertz CT molecular complexity index is 1320. The number of hydrogen-bond donors (Lipinski definition) is 1. The molecule has 11 heteroatoms. The van der Waals surface area contributed by atoms with E-state index in [9.17, 15) is 14.7 Å². The Morgan fingerprint density at radius 1 is 1.27 bits per heavy atom. The maximum atomic E-state index is 13.5. The second-order valence-electron chi connectivity index (χ2n) is 10.0. The predicted octanol–water partition coefficient (Wildman–Crippen LogP) is 5.55. The van der Waals surface area contributed by atoms with E-state index < -0.39 is 24.2 Å². The summed E-state index contributed by atoms with van der Waals surface area (Å²) in [5.74, 6) is 0.431. The first kappa shape index (κ1) is 32.0. The zero-order valence-corrected chi connectivity index (χ0v) is 25.2. The van der Waals surface area contributed by atoms with Crippen LogP contribution in [0.1, 0.15) is 75.4 Å². The van der Waals surface area contributed by atoms with Crippen molar-refractivity contribution in [2.75, 3.05) is 27.9 Å². The number of halogens is 1. The lowest BCUT2D eigenvalue weighted by Crippen LogP contribution is -2.41. The van der Waals surface area contributed by atoms with Gasteiger partial charge in [0.05, 0.1) is 19.2 Å². The molecule has 2 aliphatic rings. The number of aliphatic carboxylic acids is 1. The fourth-order valence-corrected chi connectivity index (χ4v) is 5.30. The summed E-state index contributed by atoms with van der Waals surface area (Å²) in [7, 11) is 4.82. The van der Waals surface area contributed by atoms with Gasteiger partial charge in [0.15, 0.2) is 5.82 Å². The fourth-order valence-electron chi connectivity index (χ4n) is 5.12. The van der Waals surface area contributed by atoms with Crippen LogP contribution in [-0.4, -0.2) is 70.6 Å². The number of aromatic nitrogens is 3. The number of allylic oxidation sites excluding steroid dienone is 2. The first-order valence-electron chi connectivity index (χ1n) is 13.5. The number of carbonyl (C=O) groups excluding carboxylic acids is 1. The fraction of sp³-hybridized carbons (Fsp3) is 0.467. The Morgan fingerprint density at radius 2 is 1.98 bits per heavy atom. The van der Waals surface area contributed by atoms with Crippen molar-refractivity contribution in [3.8, 4) is 5.69 Å². The molecule has 0 radical (unpaired) electrons. The van der Waals surface area contributed by atoms with Crippen LogP contribution in [-0.2, 0) is 23.8 Å². The van der Waals surface area contributed by atoms with Gasteiger partial charge in [0, 0.05) is 42.8 Å². The molecule has 2 aliphatic heterocycles. The van der Waals surface area contributed by atoms with Crippen LogP contribution in [0.15, 0.2) is 54.3 Å². The molecule has 1 fully saturated rings. The van der Waals surface area contributed by atoms with Crippen molar-refractivity contribution in [1.29, 1.82) is 0 Å².